The Morgan fingerprint density at radius 1 is 1.22 bits per heavy atom. The van der Waals surface area contributed by atoms with Crippen molar-refractivity contribution in [3.8, 4) is 0 Å². The van der Waals surface area contributed by atoms with E-state index in [1.54, 1.807) is 30.8 Å². The van der Waals surface area contributed by atoms with Crippen molar-refractivity contribution in [3.63, 3.8) is 0 Å². The average molecular weight is 323 g/mol. The molecule has 0 amide bonds. The van der Waals surface area contributed by atoms with E-state index < -0.39 is 17.9 Å². The Kier molecular flexibility index (Phi) is 8.64. The number of carbonyl (C=O) groups is 2. The van der Waals surface area contributed by atoms with Crippen LogP contribution in [0.2, 0.25) is 0 Å². The van der Waals surface area contributed by atoms with E-state index in [0.717, 1.165) is 25.8 Å². The quantitative estimate of drug-likeness (QED) is 0.286. The molecule has 1 aromatic rings. The largest absolute Gasteiger partial charge is 0.465 e. The van der Waals surface area contributed by atoms with Crippen LogP contribution in [-0.4, -0.2) is 41.1 Å². The smallest absolute Gasteiger partial charge is 0.325 e. The van der Waals surface area contributed by atoms with Crippen LogP contribution in [0, 0.1) is 5.92 Å². The SMILES string of the molecule is CCCCCn1nccc1N=CC(C(=O)OCC)C(=O)OCC. The Balaban J connectivity index is 2.82. The van der Waals surface area contributed by atoms with E-state index in [0.29, 0.717) is 5.82 Å². The highest BCUT2D eigenvalue weighted by Gasteiger charge is 2.27. The molecular formula is C16H25N3O4. The molecule has 0 bridgehead atoms. The van der Waals surface area contributed by atoms with E-state index >= 15 is 0 Å². The maximum absolute atomic E-state index is 11.9. The summed E-state index contributed by atoms with van der Waals surface area (Å²) in [5.74, 6) is -1.88. The molecule has 128 valence electrons. The zero-order valence-electron chi connectivity index (χ0n) is 14.0. The molecule has 0 aromatic carbocycles. The Hall–Kier alpha value is -2.18. The van der Waals surface area contributed by atoms with E-state index in [9.17, 15) is 9.59 Å². The second-order valence-electron chi connectivity index (χ2n) is 4.88. The molecule has 0 saturated heterocycles. The van der Waals surface area contributed by atoms with Crippen LogP contribution in [-0.2, 0) is 25.6 Å². The summed E-state index contributed by atoms with van der Waals surface area (Å²) in [6.07, 6.45) is 6.14. The van der Waals surface area contributed by atoms with E-state index in [2.05, 4.69) is 17.0 Å². The number of ether oxygens (including phenoxy) is 2. The van der Waals surface area contributed by atoms with Gasteiger partial charge in [0.25, 0.3) is 0 Å². The highest BCUT2D eigenvalue weighted by Crippen LogP contribution is 2.13. The van der Waals surface area contributed by atoms with Gasteiger partial charge in [0.1, 0.15) is 5.82 Å². The lowest BCUT2D eigenvalue weighted by molar-refractivity contribution is -0.157. The van der Waals surface area contributed by atoms with Crippen LogP contribution in [0.25, 0.3) is 0 Å². The molecule has 1 aromatic heterocycles. The molecule has 1 rings (SSSR count). The van der Waals surface area contributed by atoms with Crippen LogP contribution in [0.15, 0.2) is 17.3 Å². The third kappa shape index (κ3) is 6.22. The summed E-state index contributed by atoms with van der Waals surface area (Å²) in [4.78, 5) is 28.0. The van der Waals surface area contributed by atoms with Gasteiger partial charge in [-0.3, -0.25) is 9.59 Å². The number of nitrogens with zero attached hydrogens (tertiary/aromatic N) is 3. The lowest BCUT2D eigenvalue weighted by Crippen LogP contribution is -2.29. The summed E-state index contributed by atoms with van der Waals surface area (Å²) in [7, 11) is 0. The van der Waals surface area contributed by atoms with Crippen molar-refractivity contribution < 1.29 is 19.1 Å². The molecule has 23 heavy (non-hydrogen) atoms. The Morgan fingerprint density at radius 3 is 2.43 bits per heavy atom. The molecule has 0 aliphatic carbocycles. The topological polar surface area (TPSA) is 82.8 Å². The first kappa shape index (κ1) is 18.9. The first-order valence-corrected chi connectivity index (χ1v) is 8.03. The molecule has 0 aliphatic rings. The average Bonchev–Trinajstić information content (AvgIpc) is 2.96. The number of hydrogen-bond donors (Lipinski definition) is 0. The first-order chi connectivity index (χ1) is 11.1. The van der Waals surface area contributed by atoms with Gasteiger partial charge >= 0.3 is 11.9 Å². The molecule has 0 fully saturated rings. The van der Waals surface area contributed by atoms with E-state index in [-0.39, 0.29) is 13.2 Å². The van der Waals surface area contributed by atoms with Crippen molar-refractivity contribution in [2.24, 2.45) is 10.9 Å². The van der Waals surface area contributed by atoms with Gasteiger partial charge in [-0.05, 0) is 20.3 Å². The van der Waals surface area contributed by atoms with Gasteiger partial charge in [0.2, 0.25) is 0 Å². The normalized spacial score (nSPS) is 11.1. The van der Waals surface area contributed by atoms with Gasteiger partial charge in [-0.2, -0.15) is 5.10 Å². The van der Waals surface area contributed by atoms with Gasteiger partial charge in [-0.15, -0.1) is 0 Å². The monoisotopic (exact) mass is 323 g/mol. The molecule has 7 heteroatoms. The molecule has 0 radical (unpaired) electrons. The van der Waals surface area contributed by atoms with Crippen LogP contribution < -0.4 is 0 Å². The fraction of sp³-hybridized carbons (Fsp3) is 0.625. The van der Waals surface area contributed by atoms with Crippen molar-refractivity contribution >= 4 is 24.0 Å². The summed E-state index contributed by atoms with van der Waals surface area (Å²) < 4.78 is 11.5. The predicted octanol–water partition coefficient (Wildman–Crippen LogP) is 2.52. The molecule has 0 atom stereocenters. The molecule has 0 unspecified atom stereocenters. The van der Waals surface area contributed by atoms with E-state index in [1.165, 1.54) is 6.21 Å². The Labute approximate surface area is 136 Å². The number of aromatic nitrogens is 2. The fourth-order valence-corrected chi connectivity index (χ4v) is 1.95. The minimum Gasteiger partial charge on any atom is -0.465 e. The van der Waals surface area contributed by atoms with Crippen LogP contribution in [0.5, 0.6) is 0 Å². The van der Waals surface area contributed by atoms with Crippen molar-refractivity contribution in [3.05, 3.63) is 12.3 Å². The molecule has 0 aliphatic heterocycles. The molecule has 7 nitrogen and oxygen atoms in total. The summed E-state index contributed by atoms with van der Waals surface area (Å²) in [6.45, 7) is 6.62. The van der Waals surface area contributed by atoms with Crippen LogP contribution in [0.3, 0.4) is 0 Å². The van der Waals surface area contributed by atoms with Crippen LogP contribution in [0.1, 0.15) is 40.0 Å². The number of aliphatic imine (C=N–C) groups is 1. The molecular weight excluding hydrogens is 298 g/mol. The second-order valence-corrected chi connectivity index (χ2v) is 4.88. The van der Waals surface area contributed by atoms with Crippen LogP contribution >= 0.6 is 0 Å². The fourth-order valence-electron chi connectivity index (χ4n) is 1.95. The second kappa shape index (κ2) is 10.5. The maximum Gasteiger partial charge on any atom is 0.325 e. The number of rotatable bonds is 10. The standard InChI is InChI=1S/C16H25N3O4/c1-4-7-8-11-19-14(9-10-18-19)17-12-13(15(20)22-5-2)16(21)23-6-3/h9-10,12-13H,4-8,11H2,1-3H3. The molecule has 0 spiro atoms. The summed E-state index contributed by atoms with van der Waals surface area (Å²) in [5, 5.41) is 4.20. The lowest BCUT2D eigenvalue weighted by atomic mass is 10.2. The van der Waals surface area contributed by atoms with Gasteiger partial charge < -0.3 is 9.47 Å². The maximum atomic E-state index is 11.9. The number of aryl methyl sites for hydroxylation is 1. The minimum atomic E-state index is -1.16. The first-order valence-electron chi connectivity index (χ1n) is 8.03. The number of carbonyl (C=O) groups excluding carboxylic acids is 2. The summed E-state index contributed by atoms with van der Waals surface area (Å²) >= 11 is 0. The minimum absolute atomic E-state index is 0.192. The third-order valence-electron chi connectivity index (χ3n) is 3.10. The van der Waals surface area contributed by atoms with Gasteiger partial charge in [0.15, 0.2) is 5.92 Å². The molecule has 0 saturated carbocycles. The highest BCUT2D eigenvalue weighted by atomic mass is 16.6. The van der Waals surface area contributed by atoms with E-state index in [4.69, 9.17) is 9.47 Å². The van der Waals surface area contributed by atoms with Crippen molar-refractivity contribution in [1.29, 1.82) is 0 Å². The van der Waals surface area contributed by atoms with Gasteiger partial charge in [0.05, 0.1) is 19.4 Å². The predicted molar refractivity (Wildman–Crippen MR) is 86.7 cm³/mol. The zero-order valence-corrected chi connectivity index (χ0v) is 14.0. The Bertz CT molecular complexity index is 507. The summed E-state index contributed by atoms with van der Waals surface area (Å²) in [6, 6.07) is 1.73. The third-order valence-corrected chi connectivity index (χ3v) is 3.10. The molecule has 0 N–H and O–H groups in total. The lowest BCUT2D eigenvalue weighted by Gasteiger charge is -2.10. The van der Waals surface area contributed by atoms with Gasteiger partial charge in [0, 0.05) is 18.8 Å². The van der Waals surface area contributed by atoms with Gasteiger partial charge in [-0.25, -0.2) is 9.67 Å². The highest BCUT2D eigenvalue weighted by molar-refractivity contribution is 6.09. The number of esters is 2. The number of hydrogen-bond acceptors (Lipinski definition) is 6. The van der Waals surface area contributed by atoms with Crippen LogP contribution in [0.4, 0.5) is 5.82 Å². The van der Waals surface area contributed by atoms with Crippen molar-refractivity contribution in [2.75, 3.05) is 13.2 Å². The Morgan fingerprint density at radius 2 is 1.87 bits per heavy atom. The van der Waals surface area contributed by atoms with Crippen molar-refractivity contribution in [1.82, 2.24) is 9.78 Å². The molecule has 1 heterocycles. The summed E-state index contributed by atoms with van der Waals surface area (Å²) in [5.41, 5.74) is 0. The van der Waals surface area contributed by atoms with Crippen molar-refractivity contribution in [2.45, 2.75) is 46.6 Å². The zero-order chi connectivity index (χ0) is 17.1. The van der Waals surface area contributed by atoms with E-state index in [1.807, 2.05) is 0 Å². The van der Waals surface area contributed by atoms with Gasteiger partial charge in [-0.1, -0.05) is 19.8 Å². The number of unbranched alkanes of at least 4 members (excludes halogenated alkanes) is 2.